The molecule has 4 nitrogen and oxygen atoms in total. The molecular formula is C12H17NO3S. The molecule has 1 aliphatic rings. The van der Waals surface area contributed by atoms with Gasteiger partial charge in [0.05, 0.1) is 11.5 Å². The summed E-state index contributed by atoms with van der Waals surface area (Å²) in [6.45, 7) is 1.96. The summed E-state index contributed by atoms with van der Waals surface area (Å²) in [7, 11) is -3.44. The van der Waals surface area contributed by atoms with Crippen molar-refractivity contribution in [2.75, 3.05) is 0 Å². The van der Waals surface area contributed by atoms with E-state index in [0.717, 1.165) is 12.8 Å². The predicted octanol–water partition coefficient (Wildman–Crippen LogP) is 1.26. The molecule has 0 spiro atoms. The zero-order chi connectivity index (χ0) is 12.5. The second kappa shape index (κ2) is 4.76. The van der Waals surface area contributed by atoms with Gasteiger partial charge in [-0.05, 0) is 36.5 Å². The van der Waals surface area contributed by atoms with E-state index in [1.165, 1.54) is 6.07 Å². The maximum absolute atomic E-state index is 12.0. The predicted molar refractivity (Wildman–Crippen MR) is 64.9 cm³/mol. The Kier molecular flexibility index (Phi) is 3.51. The second-order valence-electron chi connectivity index (χ2n) is 4.70. The molecule has 0 saturated heterocycles. The minimum atomic E-state index is -3.44. The first-order valence-electron chi connectivity index (χ1n) is 5.73. The average Bonchev–Trinajstić information content (AvgIpc) is 2.27. The van der Waals surface area contributed by atoms with Gasteiger partial charge in [-0.1, -0.05) is 19.1 Å². The van der Waals surface area contributed by atoms with Gasteiger partial charge in [0.25, 0.3) is 0 Å². The lowest BCUT2D eigenvalue weighted by Gasteiger charge is -2.32. The van der Waals surface area contributed by atoms with Crippen LogP contribution < -0.4 is 4.72 Å². The Labute approximate surface area is 102 Å². The molecule has 0 bridgehead atoms. The summed E-state index contributed by atoms with van der Waals surface area (Å²) in [4.78, 5) is 0.226. The molecule has 1 fully saturated rings. The Morgan fingerprint density at radius 3 is 2.71 bits per heavy atom. The van der Waals surface area contributed by atoms with E-state index in [1.54, 1.807) is 18.2 Å². The normalized spacial score (nSPS) is 24.4. The van der Waals surface area contributed by atoms with Gasteiger partial charge in [0, 0.05) is 6.04 Å². The summed E-state index contributed by atoms with van der Waals surface area (Å²) >= 11 is 0. The van der Waals surface area contributed by atoms with Crippen LogP contribution in [-0.2, 0) is 16.6 Å². The molecule has 0 radical (unpaired) electrons. The number of aliphatic hydroxyl groups excluding tert-OH is 1. The Bertz CT molecular complexity index is 492. The summed E-state index contributed by atoms with van der Waals surface area (Å²) in [6.07, 6.45) is 1.80. The van der Waals surface area contributed by atoms with Crippen molar-refractivity contribution in [1.82, 2.24) is 4.72 Å². The molecule has 2 N–H and O–H groups in total. The third-order valence-corrected chi connectivity index (χ3v) is 4.61. The highest BCUT2D eigenvalue weighted by Crippen LogP contribution is 2.27. The summed E-state index contributed by atoms with van der Waals surface area (Å²) in [5, 5.41) is 8.99. The highest BCUT2D eigenvalue weighted by atomic mass is 32.2. The maximum atomic E-state index is 12.0. The van der Waals surface area contributed by atoms with E-state index >= 15 is 0 Å². The van der Waals surface area contributed by atoms with Crippen LogP contribution >= 0.6 is 0 Å². The molecule has 2 rings (SSSR count). The van der Waals surface area contributed by atoms with Crippen molar-refractivity contribution in [3.63, 3.8) is 0 Å². The zero-order valence-corrected chi connectivity index (χ0v) is 10.6. The fourth-order valence-electron chi connectivity index (χ4n) is 2.10. The minimum absolute atomic E-state index is 0.0628. The largest absolute Gasteiger partial charge is 0.392 e. The first-order chi connectivity index (χ1) is 8.01. The molecule has 17 heavy (non-hydrogen) atoms. The standard InChI is InChI=1S/C12H17NO3S/c1-9-5-11(6-9)13-17(15,16)12-4-2-3-10(7-12)8-14/h2-4,7,9,11,13-14H,5-6,8H2,1H3. The Hall–Kier alpha value is -0.910. The molecule has 0 atom stereocenters. The summed E-state index contributed by atoms with van der Waals surface area (Å²) in [5.41, 5.74) is 0.606. The number of hydrogen-bond donors (Lipinski definition) is 2. The SMILES string of the molecule is CC1CC(NS(=O)(=O)c2cccc(CO)c2)C1. The van der Waals surface area contributed by atoms with E-state index in [4.69, 9.17) is 5.11 Å². The lowest BCUT2D eigenvalue weighted by Crippen LogP contribution is -2.43. The number of hydrogen-bond acceptors (Lipinski definition) is 3. The van der Waals surface area contributed by atoms with Gasteiger partial charge in [0.15, 0.2) is 0 Å². The molecule has 1 aliphatic carbocycles. The van der Waals surface area contributed by atoms with Gasteiger partial charge < -0.3 is 5.11 Å². The van der Waals surface area contributed by atoms with Crippen LogP contribution in [0.15, 0.2) is 29.2 Å². The monoisotopic (exact) mass is 255 g/mol. The minimum Gasteiger partial charge on any atom is -0.392 e. The van der Waals surface area contributed by atoms with E-state index in [2.05, 4.69) is 11.6 Å². The van der Waals surface area contributed by atoms with Crippen molar-refractivity contribution < 1.29 is 13.5 Å². The molecular weight excluding hydrogens is 238 g/mol. The molecule has 5 heteroatoms. The number of nitrogens with one attached hydrogen (secondary N) is 1. The summed E-state index contributed by atoms with van der Waals surface area (Å²) in [6, 6.07) is 6.45. The van der Waals surface area contributed by atoms with Gasteiger partial charge in [-0.25, -0.2) is 13.1 Å². The quantitative estimate of drug-likeness (QED) is 0.851. The highest BCUT2D eigenvalue weighted by Gasteiger charge is 2.29. The topological polar surface area (TPSA) is 66.4 Å². The fraction of sp³-hybridized carbons (Fsp3) is 0.500. The average molecular weight is 255 g/mol. The van der Waals surface area contributed by atoms with Crippen LogP contribution in [0.25, 0.3) is 0 Å². The van der Waals surface area contributed by atoms with Gasteiger partial charge in [-0.2, -0.15) is 0 Å². The molecule has 0 unspecified atom stereocenters. The van der Waals surface area contributed by atoms with Crippen LogP contribution in [0.3, 0.4) is 0 Å². The number of aliphatic hydroxyl groups is 1. The zero-order valence-electron chi connectivity index (χ0n) is 9.76. The van der Waals surface area contributed by atoms with Crippen LogP contribution in [0.2, 0.25) is 0 Å². The van der Waals surface area contributed by atoms with Crippen LogP contribution in [0.1, 0.15) is 25.3 Å². The number of benzene rings is 1. The molecule has 1 aromatic rings. The second-order valence-corrected chi connectivity index (χ2v) is 6.41. The van der Waals surface area contributed by atoms with Gasteiger partial charge >= 0.3 is 0 Å². The fourth-order valence-corrected chi connectivity index (χ4v) is 3.43. The molecule has 0 heterocycles. The molecule has 94 valence electrons. The summed E-state index contributed by atoms with van der Waals surface area (Å²) in [5.74, 6) is 0.603. The van der Waals surface area contributed by atoms with Crippen molar-refractivity contribution >= 4 is 10.0 Å². The van der Waals surface area contributed by atoms with Gasteiger partial charge in [0.1, 0.15) is 0 Å². The van der Waals surface area contributed by atoms with E-state index in [0.29, 0.717) is 11.5 Å². The Balaban J connectivity index is 2.13. The van der Waals surface area contributed by atoms with Crippen molar-refractivity contribution in [1.29, 1.82) is 0 Å². The molecule has 1 saturated carbocycles. The van der Waals surface area contributed by atoms with Crippen molar-refractivity contribution in [2.24, 2.45) is 5.92 Å². The van der Waals surface area contributed by atoms with E-state index in [-0.39, 0.29) is 17.5 Å². The van der Waals surface area contributed by atoms with E-state index in [9.17, 15) is 8.42 Å². The van der Waals surface area contributed by atoms with E-state index in [1.807, 2.05) is 0 Å². The molecule has 0 aromatic heterocycles. The van der Waals surface area contributed by atoms with Crippen molar-refractivity contribution in [3.8, 4) is 0 Å². The third kappa shape index (κ3) is 2.86. The van der Waals surface area contributed by atoms with Crippen molar-refractivity contribution in [3.05, 3.63) is 29.8 Å². The van der Waals surface area contributed by atoms with Crippen molar-refractivity contribution in [2.45, 2.75) is 37.3 Å². The van der Waals surface area contributed by atoms with Gasteiger partial charge in [0.2, 0.25) is 10.0 Å². The molecule has 0 amide bonds. The van der Waals surface area contributed by atoms with Crippen LogP contribution in [0.5, 0.6) is 0 Å². The lowest BCUT2D eigenvalue weighted by molar-refractivity contribution is 0.270. The highest BCUT2D eigenvalue weighted by molar-refractivity contribution is 7.89. The first-order valence-corrected chi connectivity index (χ1v) is 7.21. The molecule has 1 aromatic carbocycles. The van der Waals surface area contributed by atoms with Gasteiger partial charge in [-0.15, -0.1) is 0 Å². The van der Waals surface area contributed by atoms with E-state index < -0.39 is 10.0 Å². The third-order valence-electron chi connectivity index (χ3n) is 3.09. The number of sulfonamides is 1. The van der Waals surface area contributed by atoms with Gasteiger partial charge in [-0.3, -0.25) is 0 Å². The maximum Gasteiger partial charge on any atom is 0.240 e. The smallest absolute Gasteiger partial charge is 0.240 e. The number of rotatable bonds is 4. The lowest BCUT2D eigenvalue weighted by atomic mass is 9.83. The summed E-state index contributed by atoms with van der Waals surface area (Å²) < 4.78 is 26.7. The van der Waals surface area contributed by atoms with Crippen LogP contribution in [0, 0.1) is 5.92 Å². The first kappa shape index (κ1) is 12.5. The van der Waals surface area contributed by atoms with Crippen LogP contribution in [0.4, 0.5) is 0 Å². The Morgan fingerprint density at radius 1 is 1.41 bits per heavy atom. The van der Waals surface area contributed by atoms with Crippen LogP contribution in [-0.4, -0.2) is 19.6 Å². The Morgan fingerprint density at radius 2 is 2.12 bits per heavy atom. The molecule has 0 aliphatic heterocycles.